The van der Waals surface area contributed by atoms with Crippen molar-refractivity contribution in [3.63, 3.8) is 0 Å². The Morgan fingerprint density at radius 2 is 1.67 bits per heavy atom. The van der Waals surface area contributed by atoms with Crippen LogP contribution in [0.15, 0.2) is 36.5 Å². The van der Waals surface area contributed by atoms with Crippen LogP contribution in [0.2, 0.25) is 0 Å². The zero-order valence-corrected chi connectivity index (χ0v) is 17.4. The number of hydrogen-bond acceptors (Lipinski definition) is 4. The summed E-state index contributed by atoms with van der Waals surface area (Å²) >= 11 is 1.45. The van der Waals surface area contributed by atoms with Crippen molar-refractivity contribution in [2.45, 2.75) is 6.92 Å². The fourth-order valence-electron chi connectivity index (χ4n) is 3.51. The topological polar surface area (TPSA) is 58.4 Å². The molecule has 1 fully saturated rings. The van der Waals surface area contributed by atoms with Crippen LogP contribution in [0.3, 0.4) is 0 Å². The van der Waals surface area contributed by atoms with Gasteiger partial charge in [-0.1, -0.05) is 0 Å². The zero-order valence-electron chi connectivity index (χ0n) is 16.6. The predicted octanol–water partition coefficient (Wildman–Crippen LogP) is 3.33. The Kier molecular flexibility index (Phi) is 5.38. The zero-order chi connectivity index (χ0) is 21.4. The van der Waals surface area contributed by atoms with Gasteiger partial charge in [-0.25, -0.2) is 8.78 Å². The summed E-state index contributed by atoms with van der Waals surface area (Å²) in [5.41, 5.74) is 0.492. The van der Waals surface area contributed by atoms with Crippen molar-refractivity contribution in [1.29, 1.82) is 0 Å². The van der Waals surface area contributed by atoms with Crippen molar-refractivity contribution in [3.05, 3.63) is 63.5 Å². The van der Waals surface area contributed by atoms with Gasteiger partial charge in [0.05, 0.1) is 10.4 Å². The fourth-order valence-corrected chi connectivity index (χ4v) is 4.35. The number of piperazine rings is 1. The van der Waals surface area contributed by atoms with E-state index in [1.54, 1.807) is 16.8 Å². The Morgan fingerprint density at radius 3 is 2.27 bits per heavy atom. The van der Waals surface area contributed by atoms with Crippen LogP contribution < -0.4 is 0 Å². The molecule has 0 spiro atoms. The number of carbonyl (C=O) groups excluding carboxylic acids is 2. The van der Waals surface area contributed by atoms with Crippen molar-refractivity contribution in [2.24, 2.45) is 7.05 Å². The van der Waals surface area contributed by atoms with Gasteiger partial charge in [0.25, 0.3) is 11.8 Å². The van der Waals surface area contributed by atoms with E-state index in [0.717, 1.165) is 17.0 Å². The monoisotopic (exact) mass is 430 g/mol. The molecular weight excluding hydrogens is 410 g/mol. The lowest BCUT2D eigenvalue weighted by molar-refractivity contribution is 0.0538. The molecule has 2 aromatic heterocycles. The van der Waals surface area contributed by atoms with Crippen LogP contribution >= 0.6 is 11.3 Å². The first-order valence-electron chi connectivity index (χ1n) is 9.47. The number of rotatable bonds is 3. The highest BCUT2D eigenvalue weighted by Gasteiger charge is 2.29. The van der Waals surface area contributed by atoms with Gasteiger partial charge in [0, 0.05) is 55.9 Å². The minimum Gasteiger partial charge on any atom is -0.335 e. The van der Waals surface area contributed by atoms with Crippen LogP contribution in [0.25, 0.3) is 11.3 Å². The minimum absolute atomic E-state index is 0.0318. The van der Waals surface area contributed by atoms with Gasteiger partial charge in [-0.15, -0.1) is 11.3 Å². The Labute approximate surface area is 176 Å². The van der Waals surface area contributed by atoms with Crippen LogP contribution in [0, 0.1) is 18.6 Å². The molecule has 1 aromatic carbocycles. The first-order chi connectivity index (χ1) is 14.3. The third kappa shape index (κ3) is 3.85. The lowest BCUT2D eigenvalue weighted by atomic mass is 10.1. The van der Waals surface area contributed by atoms with E-state index in [1.807, 2.05) is 19.1 Å². The van der Waals surface area contributed by atoms with Crippen molar-refractivity contribution < 1.29 is 18.4 Å². The molecule has 0 saturated carbocycles. The average molecular weight is 430 g/mol. The molecule has 2 amide bonds. The van der Waals surface area contributed by atoms with E-state index in [-0.39, 0.29) is 28.6 Å². The van der Waals surface area contributed by atoms with Crippen LogP contribution in [-0.2, 0) is 7.05 Å². The Balaban J connectivity index is 1.50. The number of thiophene rings is 1. The molecule has 30 heavy (non-hydrogen) atoms. The molecule has 0 aliphatic carbocycles. The minimum atomic E-state index is -0.774. The summed E-state index contributed by atoms with van der Waals surface area (Å²) in [7, 11) is 1.64. The quantitative estimate of drug-likeness (QED) is 0.641. The smallest absolute Gasteiger partial charge is 0.264 e. The molecule has 6 nitrogen and oxygen atoms in total. The van der Waals surface area contributed by atoms with Gasteiger partial charge in [0.15, 0.2) is 0 Å². The maximum atomic E-state index is 14.3. The van der Waals surface area contributed by atoms with Gasteiger partial charge in [-0.05, 0) is 31.2 Å². The molecule has 0 bridgehead atoms. The van der Waals surface area contributed by atoms with E-state index >= 15 is 0 Å². The standard InChI is InChI=1S/C21H20F2N4O2S/c1-13-3-6-18(30-13)21(29)27-9-7-26(8-10-27)20(28)16-12-25(2)24-19(16)15-5-4-14(22)11-17(15)23/h3-6,11-12H,7-10H2,1-2H3. The van der Waals surface area contributed by atoms with Crippen LogP contribution in [0.4, 0.5) is 8.78 Å². The number of benzene rings is 1. The predicted molar refractivity (Wildman–Crippen MR) is 109 cm³/mol. The van der Waals surface area contributed by atoms with Gasteiger partial charge in [0.1, 0.15) is 17.3 Å². The van der Waals surface area contributed by atoms with Crippen molar-refractivity contribution in [2.75, 3.05) is 26.2 Å². The number of carbonyl (C=O) groups is 2. The second-order valence-corrected chi connectivity index (χ2v) is 8.47. The molecule has 1 aliphatic rings. The van der Waals surface area contributed by atoms with Gasteiger partial charge in [-0.3, -0.25) is 14.3 Å². The largest absolute Gasteiger partial charge is 0.335 e. The number of amides is 2. The van der Waals surface area contributed by atoms with Gasteiger partial charge < -0.3 is 9.80 Å². The fraction of sp³-hybridized carbons (Fsp3) is 0.286. The second-order valence-electron chi connectivity index (χ2n) is 7.18. The molecule has 156 valence electrons. The Morgan fingerprint density at radius 1 is 1.00 bits per heavy atom. The van der Waals surface area contributed by atoms with E-state index in [2.05, 4.69) is 5.10 Å². The normalized spacial score (nSPS) is 14.3. The third-order valence-corrected chi connectivity index (χ3v) is 6.04. The Bertz CT molecular complexity index is 1120. The van der Waals surface area contributed by atoms with E-state index < -0.39 is 11.6 Å². The van der Waals surface area contributed by atoms with Crippen LogP contribution in [0.1, 0.15) is 24.9 Å². The highest BCUT2D eigenvalue weighted by Crippen LogP contribution is 2.27. The molecule has 3 heterocycles. The number of nitrogens with zero attached hydrogens (tertiary/aromatic N) is 4. The third-order valence-electron chi connectivity index (χ3n) is 5.05. The molecule has 0 radical (unpaired) electrons. The number of hydrogen-bond donors (Lipinski definition) is 0. The summed E-state index contributed by atoms with van der Waals surface area (Å²) in [6, 6.07) is 6.92. The Hall–Kier alpha value is -3.07. The summed E-state index contributed by atoms with van der Waals surface area (Å²) in [5, 5.41) is 4.22. The summed E-state index contributed by atoms with van der Waals surface area (Å²) in [6.45, 7) is 3.53. The molecule has 3 aromatic rings. The van der Waals surface area contributed by atoms with Crippen molar-refractivity contribution >= 4 is 23.2 Å². The summed E-state index contributed by atoms with van der Waals surface area (Å²) in [5.74, 6) is -1.79. The first kappa shape index (κ1) is 20.2. The number of aryl methyl sites for hydroxylation is 2. The molecular formula is C21H20F2N4O2S. The highest BCUT2D eigenvalue weighted by atomic mass is 32.1. The second kappa shape index (κ2) is 7.98. The van der Waals surface area contributed by atoms with Gasteiger partial charge in [-0.2, -0.15) is 5.10 Å². The van der Waals surface area contributed by atoms with Crippen molar-refractivity contribution in [3.8, 4) is 11.3 Å². The molecule has 1 saturated heterocycles. The van der Waals surface area contributed by atoms with Gasteiger partial charge in [0.2, 0.25) is 0 Å². The SMILES string of the molecule is Cc1ccc(C(=O)N2CCN(C(=O)c3cn(C)nc3-c3ccc(F)cc3F)CC2)s1. The molecule has 9 heteroatoms. The number of halogens is 2. The number of aromatic nitrogens is 2. The summed E-state index contributed by atoms with van der Waals surface area (Å²) in [4.78, 5) is 30.9. The van der Waals surface area contributed by atoms with Crippen molar-refractivity contribution in [1.82, 2.24) is 19.6 Å². The first-order valence-corrected chi connectivity index (χ1v) is 10.3. The van der Waals surface area contributed by atoms with E-state index in [1.165, 1.54) is 28.3 Å². The van der Waals surface area contributed by atoms with E-state index in [0.29, 0.717) is 31.1 Å². The maximum Gasteiger partial charge on any atom is 0.264 e. The molecule has 4 rings (SSSR count). The van der Waals surface area contributed by atoms with Gasteiger partial charge >= 0.3 is 0 Å². The lowest BCUT2D eigenvalue weighted by Gasteiger charge is -2.34. The summed E-state index contributed by atoms with van der Waals surface area (Å²) in [6.07, 6.45) is 1.53. The maximum absolute atomic E-state index is 14.3. The molecule has 0 atom stereocenters. The average Bonchev–Trinajstić information content (AvgIpc) is 3.32. The molecule has 1 aliphatic heterocycles. The lowest BCUT2D eigenvalue weighted by Crippen LogP contribution is -2.50. The highest BCUT2D eigenvalue weighted by molar-refractivity contribution is 7.13. The summed E-state index contributed by atoms with van der Waals surface area (Å²) < 4.78 is 29.0. The van der Waals surface area contributed by atoms with E-state index in [9.17, 15) is 18.4 Å². The molecule has 0 N–H and O–H groups in total. The van der Waals surface area contributed by atoms with E-state index in [4.69, 9.17) is 0 Å². The van der Waals surface area contributed by atoms with Crippen LogP contribution in [0.5, 0.6) is 0 Å². The molecule has 0 unspecified atom stereocenters. The van der Waals surface area contributed by atoms with Crippen LogP contribution in [-0.4, -0.2) is 57.6 Å².